The van der Waals surface area contributed by atoms with Gasteiger partial charge in [0.05, 0.1) is 11.6 Å². The Morgan fingerprint density at radius 1 is 1.18 bits per heavy atom. The third kappa shape index (κ3) is 6.16. The second-order valence-electron chi connectivity index (χ2n) is 3.88. The molecular weight excluding hydrogens is 257 g/mol. The number of halogens is 2. The quantitative estimate of drug-likeness (QED) is 0.720. The maximum Gasteiger partial charge on any atom is 0.139 e. The first-order chi connectivity index (χ1) is 8.24. The normalized spacial score (nSPS) is 10.5. The number of benzene rings is 1. The van der Waals surface area contributed by atoms with Crippen molar-refractivity contribution in [3.63, 3.8) is 0 Å². The minimum absolute atomic E-state index is 0.610. The summed E-state index contributed by atoms with van der Waals surface area (Å²) in [6.07, 6.45) is 3.30. The van der Waals surface area contributed by atoms with Crippen LogP contribution in [-0.4, -0.2) is 19.7 Å². The first-order valence-corrected chi connectivity index (χ1v) is 6.78. The molecule has 0 aromatic heterocycles. The summed E-state index contributed by atoms with van der Waals surface area (Å²) < 4.78 is 5.58. The average molecular weight is 276 g/mol. The van der Waals surface area contributed by atoms with Gasteiger partial charge in [0.2, 0.25) is 0 Å². The van der Waals surface area contributed by atoms with Crippen LogP contribution in [0.1, 0.15) is 26.2 Å². The SMILES string of the molecule is CCCNCCCCOc1cc(Cl)ccc1Cl. The molecule has 0 heterocycles. The van der Waals surface area contributed by atoms with E-state index in [2.05, 4.69) is 12.2 Å². The molecular formula is C13H19Cl2NO. The third-order valence-electron chi connectivity index (χ3n) is 2.33. The molecule has 96 valence electrons. The van der Waals surface area contributed by atoms with Crippen LogP contribution in [0.15, 0.2) is 18.2 Å². The third-order valence-corrected chi connectivity index (χ3v) is 2.87. The van der Waals surface area contributed by atoms with Gasteiger partial charge in [-0.1, -0.05) is 30.1 Å². The van der Waals surface area contributed by atoms with E-state index >= 15 is 0 Å². The van der Waals surface area contributed by atoms with E-state index in [1.165, 1.54) is 6.42 Å². The van der Waals surface area contributed by atoms with Gasteiger partial charge < -0.3 is 10.1 Å². The van der Waals surface area contributed by atoms with E-state index in [9.17, 15) is 0 Å². The van der Waals surface area contributed by atoms with Crippen molar-refractivity contribution in [2.45, 2.75) is 26.2 Å². The molecule has 0 saturated heterocycles. The molecule has 0 aliphatic carbocycles. The second-order valence-corrected chi connectivity index (χ2v) is 4.72. The molecule has 0 atom stereocenters. The van der Waals surface area contributed by atoms with Crippen LogP contribution < -0.4 is 10.1 Å². The summed E-state index contributed by atoms with van der Waals surface area (Å²) >= 11 is 11.8. The summed E-state index contributed by atoms with van der Waals surface area (Å²) in [6, 6.07) is 5.26. The van der Waals surface area contributed by atoms with Gasteiger partial charge in [-0.3, -0.25) is 0 Å². The second kappa shape index (κ2) is 8.62. The maximum absolute atomic E-state index is 5.98. The molecule has 2 nitrogen and oxygen atoms in total. The van der Waals surface area contributed by atoms with Crippen LogP contribution >= 0.6 is 23.2 Å². The monoisotopic (exact) mass is 275 g/mol. The zero-order valence-electron chi connectivity index (χ0n) is 10.1. The zero-order valence-corrected chi connectivity index (χ0v) is 11.7. The lowest BCUT2D eigenvalue weighted by Gasteiger charge is -2.08. The van der Waals surface area contributed by atoms with Gasteiger partial charge in [0.1, 0.15) is 5.75 Å². The number of nitrogens with one attached hydrogen (secondary N) is 1. The Morgan fingerprint density at radius 3 is 2.76 bits per heavy atom. The van der Waals surface area contributed by atoms with E-state index in [1.54, 1.807) is 18.2 Å². The summed E-state index contributed by atoms with van der Waals surface area (Å²) in [5.41, 5.74) is 0. The fourth-order valence-corrected chi connectivity index (χ4v) is 1.76. The van der Waals surface area contributed by atoms with Gasteiger partial charge in [-0.05, 0) is 44.5 Å². The summed E-state index contributed by atoms with van der Waals surface area (Å²) in [7, 11) is 0. The van der Waals surface area contributed by atoms with Crippen molar-refractivity contribution in [2.75, 3.05) is 19.7 Å². The van der Waals surface area contributed by atoms with Crippen LogP contribution in [0.3, 0.4) is 0 Å². The first-order valence-electron chi connectivity index (χ1n) is 6.02. The molecule has 1 rings (SSSR count). The molecule has 1 N–H and O–H groups in total. The highest BCUT2D eigenvalue weighted by atomic mass is 35.5. The Kier molecular flexibility index (Phi) is 7.41. The summed E-state index contributed by atoms with van der Waals surface area (Å²) in [5, 5.41) is 4.61. The van der Waals surface area contributed by atoms with Crippen LogP contribution in [0, 0.1) is 0 Å². The van der Waals surface area contributed by atoms with E-state index < -0.39 is 0 Å². The molecule has 0 spiro atoms. The molecule has 0 radical (unpaired) electrons. The number of hydrogen-bond acceptors (Lipinski definition) is 2. The molecule has 1 aromatic rings. The van der Waals surface area contributed by atoms with E-state index in [-0.39, 0.29) is 0 Å². The fourth-order valence-electron chi connectivity index (χ4n) is 1.42. The Bertz CT molecular complexity index is 331. The van der Waals surface area contributed by atoms with Crippen molar-refractivity contribution in [3.8, 4) is 5.75 Å². The van der Waals surface area contributed by atoms with Gasteiger partial charge in [0.15, 0.2) is 0 Å². The number of hydrogen-bond donors (Lipinski definition) is 1. The molecule has 4 heteroatoms. The van der Waals surface area contributed by atoms with Crippen LogP contribution in [0.5, 0.6) is 5.75 Å². The largest absolute Gasteiger partial charge is 0.492 e. The summed E-state index contributed by atoms with van der Waals surface area (Å²) in [5.74, 6) is 0.667. The summed E-state index contributed by atoms with van der Waals surface area (Å²) in [4.78, 5) is 0. The first kappa shape index (κ1) is 14.6. The minimum Gasteiger partial charge on any atom is -0.492 e. The Hall–Kier alpha value is -0.440. The Labute approximate surface area is 113 Å². The van der Waals surface area contributed by atoms with Crippen molar-refractivity contribution in [3.05, 3.63) is 28.2 Å². The van der Waals surface area contributed by atoms with Gasteiger partial charge in [-0.2, -0.15) is 0 Å². The number of ether oxygens (including phenoxy) is 1. The van der Waals surface area contributed by atoms with E-state index in [4.69, 9.17) is 27.9 Å². The van der Waals surface area contributed by atoms with Crippen LogP contribution in [0.2, 0.25) is 10.0 Å². The highest BCUT2D eigenvalue weighted by Gasteiger charge is 2.01. The van der Waals surface area contributed by atoms with Crippen molar-refractivity contribution < 1.29 is 4.74 Å². The van der Waals surface area contributed by atoms with Gasteiger partial charge in [-0.15, -0.1) is 0 Å². The number of unbranched alkanes of at least 4 members (excludes halogenated alkanes) is 1. The molecule has 0 fully saturated rings. The van der Waals surface area contributed by atoms with Crippen molar-refractivity contribution in [1.29, 1.82) is 0 Å². The Balaban J connectivity index is 2.15. The van der Waals surface area contributed by atoms with Crippen molar-refractivity contribution in [2.24, 2.45) is 0 Å². The topological polar surface area (TPSA) is 21.3 Å². The molecule has 0 unspecified atom stereocenters. The van der Waals surface area contributed by atoms with Gasteiger partial charge >= 0.3 is 0 Å². The standard InChI is InChI=1S/C13H19Cl2NO/c1-2-7-16-8-3-4-9-17-13-10-11(14)5-6-12(13)15/h5-6,10,16H,2-4,7-9H2,1H3. The highest BCUT2D eigenvalue weighted by molar-refractivity contribution is 6.34. The smallest absolute Gasteiger partial charge is 0.139 e. The lowest BCUT2D eigenvalue weighted by Crippen LogP contribution is -2.16. The van der Waals surface area contributed by atoms with Gasteiger partial charge in [0, 0.05) is 11.1 Å². The summed E-state index contributed by atoms with van der Waals surface area (Å²) in [6.45, 7) is 4.96. The molecule has 1 aromatic carbocycles. The fraction of sp³-hybridized carbons (Fsp3) is 0.538. The minimum atomic E-state index is 0.610. The average Bonchev–Trinajstić information content (AvgIpc) is 2.32. The molecule has 0 amide bonds. The van der Waals surface area contributed by atoms with E-state index in [1.807, 2.05) is 0 Å². The van der Waals surface area contributed by atoms with E-state index in [0.717, 1.165) is 25.9 Å². The van der Waals surface area contributed by atoms with Gasteiger partial charge in [0.25, 0.3) is 0 Å². The molecule has 0 bridgehead atoms. The van der Waals surface area contributed by atoms with Crippen LogP contribution in [0.4, 0.5) is 0 Å². The van der Waals surface area contributed by atoms with Gasteiger partial charge in [-0.25, -0.2) is 0 Å². The predicted octanol–water partition coefficient (Wildman–Crippen LogP) is 4.15. The predicted molar refractivity (Wildman–Crippen MR) is 74.4 cm³/mol. The molecule has 17 heavy (non-hydrogen) atoms. The Morgan fingerprint density at radius 2 is 2.00 bits per heavy atom. The lowest BCUT2D eigenvalue weighted by atomic mass is 10.3. The highest BCUT2D eigenvalue weighted by Crippen LogP contribution is 2.27. The number of rotatable bonds is 8. The maximum atomic E-state index is 5.98. The zero-order chi connectivity index (χ0) is 12.5. The molecule has 0 saturated carbocycles. The molecule has 0 aliphatic rings. The van der Waals surface area contributed by atoms with Crippen molar-refractivity contribution >= 4 is 23.2 Å². The van der Waals surface area contributed by atoms with Crippen LogP contribution in [-0.2, 0) is 0 Å². The lowest BCUT2D eigenvalue weighted by molar-refractivity contribution is 0.306. The van der Waals surface area contributed by atoms with E-state index in [0.29, 0.717) is 22.4 Å². The molecule has 0 aliphatic heterocycles. The van der Waals surface area contributed by atoms with Crippen molar-refractivity contribution in [1.82, 2.24) is 5.32 Å². The van der Waals surface area contributed by atoms with Crippen LogP contribution in [0.25, 0.3) is 0 Å².